The Labute approximate surface area is 211 Å². The molecule has 0 spiro atoms. The lowest BCUT2D eigenvalue weighted by Crippen LogP contribution is -2.45. The number of rotatable bonds is 3. The summed E-state index contributed by atoms with van der Waals surface area (Å²) < 4.78 is 11.7. The summed E-state index contributed by atoms with van der Waals surface area (Å²) in [5, 5.41) is 24.3. The maximum atomic E-state index is 13.2. The van der Waals surface area contributed by atoms with Gasteiger partial charge in [-0.1, -0.05) is 34.1 Å². The number of nitrogens with two attached hydrogens (primary N) is 1. The Balaban J connectivity index is 1.80. The third kappa shape index (κ3) is 6.77. The van der Waals surface area contributed by atoms with Gasteiger partial charge in [0.15, 0.2) is 0 Å². The van der Waals surface area contributed by atoms with Crippen LogP contribution in [-0.2, 0) is 25.6 Å². The summed E-state index contributed by atoms with van der Waals surface area (Å²) in [6.07, 6.45) is 3.51. The number of carbonyl (C=O) groups is 2. The van der Waals surface area contributed by atoms with Crippen LogP contribution >= 0.6 is 11.3 Å². The molecule has 0 amide bonds. The Hall–Kier alpha value is -1.65. The van der Waals surface area contributed by atoms with Crippen molar-refractivity contribution in [3.63, 3.8) is 0 Å². The molecule has 2 fully saturated rings. The van der Waals surface area contributed by atoms with Gasteiger partial charge in [0.05, 0.1) is 41.4 Å². The molecule has 196 valence electrons. The number of ether oxygens (including phenoxy) is 2. The Bertz CT molecular complexity index is 931. The van der Waals surface area contributed by atoms with E-state index in [2.05, 4.69) is 11.9 Å². The number of fused-ring (bicyclic) bond motifs is 1. The van der Waals surface area contributed by atoms with Crippen LogP contribution in [-0.4, -0.2) is 57.0 Å². The molecule has 0 saturated carbocycles. The van der Waals surface area contributed by atoms with Crippen LogP contribution in [0.1, 0.15) is 77.4 Å². The average Bonchev–Trinajstić information content (AvgIpc) is 3.20. The van der Waals surface area contributed by atoms with Crippen molar-refractivity contribution in [3.8, 4) is 0 Å². The molecule has 0 bridgehead atoms. The van der Waals surface area contributed by atoms with Gasteiger partial charge >= 0.3 is 5.97 Å². The Morgan fingerprint density at radius 2 is 1.97 bits per heavy atom. The first-order chi connectivity index (χ1) is 16.4. The number of cyclic esters (lactones) is 1. The van der Waals surface area contributed by atoms with Gasteiger partial charge in [-0.15, -0.1) is 11.3 Å². The molecule has 7 atom stereocenters. The number of esters is 1. The molecular weight excluding hydrogens is 468 g/mol. The van der Waals surface area contributed by atoms with Crippen LogP contribution < -0.4 is 5.73 Å². The fraction of sp³-hybridized carbons (Fsp3) is 0.731. The van der Waals surface area contributed by atoms with Crippen molar-refractivity contribution in [1.29, 1.82) is 0 Å². The first kappa shape index (κ1) is 27.9. The predicted molar refractivity (Wildman–Crippen MR) is 134 cm³/mol. The van der Waals surface area contributed by atoms with Gasteiger partial charge in [-0.3, -0.25) is 9.59 Å². The Kier molecular flexibility index (Phi) is 8.91. The first-order valence-corrected chi connectivity index (χ1v) is 13.4. The minimum Gasteiger partial charge on any atom is -0.458 e. The fourth-order valence-corrected chi connectivity index (χ4v) is 5.50. The lowest BCUT2D eigenvalue weighted by molar-refractivity contribution is -0.154. The molecule has 4 N–H and O–H groups in total. The largest absolute Gasteiger partial charge is 0.458 e. The number of epoxide rings is 1. The lowest BCUT2D eigenvalue weighted by atomic mass is 9.73. The highest BCUT2D eigenvalue weighted by Gasteiger charge is 2.52. The molecule has 0 unspecified atom stereocenters. The van der Waals surface area contributed by atoms with Crippen molar-refractivity contribution in [2.75, 3.05) is 0 Å². The molecule has 9 heteroatoms. The van der Waals surface area contributed by atoms with E-state index in [4.69, 9.17) is 15.2 Å². The standard InChI is InChI=1S/C26H40N2O6S/c1-15-7-6-10-26(5)20(34-26)11-18(9-8-17-14-35-21(13-27)28-17)33-22(30)12-19(29)25(3,4)24(32)16(2)23(15)31/h8-9,14-16,18-20,23,29,31H,6-7,10-13,27H2,1-5H3/b9-8+/t15-,16+,18+,19-,20-,23-,26+/m0/s1. The van der Waals surface area contributed by atoms with Crippen LogP contribution in [0.4, 0.5) is 0 Å². The van der Waals surface area contributed by atoms with Crippen LogP contribution in [0.3, 0.4) is 0 Å². The summed E-state index contributed by atoms with van der Waals surface area (Å²) in [7, 11) is 0. The number of nitrogens with zero attached hydrogens (tertiary/aromatic N) is 1. The molecule has 2 saturated heterocycles. The van der Waals surface area contributed by atoms with E-state index in [-0.39, 0.29) is 29.8 Å². The van der Waals surface area contributed by atoms with Gasteiger partial charge in [0.1, 0.15) is 16.9 Å². The number of aliphatic hydroxyl groups is 2. The zero-order valence-corrected chi connectivity index (χ0v) is 22.2. The van der Waals surface area contributed by atoms with E-state index in [1.807, 2.05) is 12.3 Å². The zero-order valence-electron chi connectivity index (χ0n) is 21.4. The van der Waals surface area contributed by atoms with E-state index in [1.165, 1.54) is 11.3 Å². The second kappa shape index (κ2) is 11.2. The monoisotopic (exact) mass is 508 g/mol. The number of aromatic nitrogens is 1. The van der Waals surface area contributed by atoms with Gasteiger partial charge in [-0.2, -0.15) is 0 Å². The van der Waals surface area contributed by atoms with Crippen molar-refractivity contribution < 1.29 is 29.3 Å². The van der Waals surface area contributed by atoms with E-state index in [0.29, 0.717) is 13.0 Å². The highest BCUT2D eigenvalue weighted by Crippen LogP contribution is 2.44. The summed E-state index contributed by atoms with van der Waals surface area (Å²) in [6, 6.07) is 0. The van der Waals surface area contributed by atoms with Crippen LogP contribution in [0.25, 0.3) is 6.08 Å². The molecule has 2 aliphatic rings. The van der Waals surface area contributed by atoms with Gasteiger partial charge in [-0.05, 0) is 37.8 Å². The molecule has 0 aliphatic carbocycles. The molecule has 0 aromatic carbocycles. The van der Waals surface area contributed by atoms with Crippen molar-refractivity contribution in [2.24, 2.45) is 23.0 Å². The van der Waals surface area contributed by atoms with Crippen LogP contribution in [0.15, 0.2) is 11.5 Å². The smallest absolute Gasteiger partial charge is 0.309 e. The maximum Gasteiger partial charge on any atom is 0.309 e. The quantitative estimate of drug-likeness (QED) is 0.418. The van der Waals surface area contributed by atoms with Crippen LogP contribution in [0.2, 0.25) is 0 Å². The third-order valence-electron chi connectivity index (χ3n) is 7.66. The molecule has 3 rings (SSSR count). The molecule has 0 radical (unpaired) electrons. The second-order valence-corrected chi connectivity index (χ2v) is 11.8. The summed E-state index contributed by atoms with van der Waals surface area (Å²) in [5.41, 5.74) is 4.87. The second-order valence-electron chi connectivity index (χ2n) is 10.9. The van der Waals surface area contributed by atoms with E-state index in [9.17, 15) is 19.8 Å². The molecule has 35 heavy (non-hydrogen) atoms. The fourth-order valence-electron chi connectivity index (χ4n) is 4.86. The number of thiazole rings is 1. The lowest BCUT2D eigenvalue weighted by Gasteiger charge is -2.34. The van der Waals surface area contributed by atoms with E-state index >= 15 is 0 Å². The van der Waals surface area contributed by atoms with E-state index in [1.54, 1.807) is 32.9 Å². The molecule has 2 aliphatic heterocycles. The third-order valence-corrected chi connectivity index (χ3v) is 8.55. The van der Waals surface area contributed by atoms with Crippen LogP contribution in [0, 0.1) is 17.3 Å². The van der Waals surface area contributed by atoms with Gasteiger partial charge in [0, 0.05) is 24.3 Å². The first-order valence-electron chi connectivity index (χ1n) is 12.5. The number of aliphatic hydroxyl groups excluding tert-OH is 2. The maximum absolute atomic E-state index is 13.2. The number of carbonyl (C=O) groups excluding carboxylic acids is 2. The summed E-state index contributed by atoms with van der Waals surface area (Å²) >= 11 is 1.47. The normalized spacial score (nSPS) is 37.1. The predicted octanol–water partition coefficient (Wildman–Crippen LogP) is 3.24. The van der Waals surface area contributed by atoms with Crippen molar-refractivity contribution in [2.45, 2.75) is 103 Å². The van der Waals surface area contributed by atoms with Gasteiger partial charge in [0.25, 0.3) is 0 Å². The summed E-state index contributed by atoms with van der Waals surface area (Å²) in [6.45, 7) is 9.28. The Morgan fingerprint density at radius 3 is 2.63 bits per heavy atom. The van der Waals surface area contributed by atoms with Crippen LogP contribution in [0.5, 0.6) is 0 Å². The van der Waals surface area contributed by atoms with Crippen molar-refractivity contribution >= 4 is 29.2 Å². The number of hydrogen-bond donors (Lipinski definition) is 3. The topological polar surface area (TPSA) is 135 Å². The van der Waals surface area contributed by atoms with Crippen molar-refractivity contribution in [3.05, 3.63) is 22.2 Å². The number of Topliss-reactive ketones (excluding diaryl/α,β-unsaturated/α-hetero) is 1. The highest BCUT2D eigenvalue weighted by atomic mass is 32.1. The minimum absolute atomic E-state index is 0.0602. The van der Waals surface area contributed by atoms with Gasteiger partial charge in [-0.25, -0.2) is 4.98 Å². The van der Waals surface area contributed by atoms with Crippen molar-refractivity contribution in [1.82, 2.24) is 4.98 Å². The average molecular weight is 509 g/mol. The molecular formula is C26H40N2O6S. The van der Waals surface area contributed by atoms with Gasteiger partial charge in [0.2, 0.25) is 0 Å². The highest BCUT2D eigenvalue weighted by molar-refractivity contribution is 7.09. The van der Waals surface area contributed by atoms with Gasteiger partial charge < -0.3 is 25.4 Å². The van der Waals surface area contributed by atoms with E-state index in [0.717, 1.165) is 30.0 Å². The summed E-state index contributed by atoms with van der Waals surface area (Å²) in [4.78, 5) is 30.4. The minimum atomic E-state index is -1.24. The summed E-state index contributed by atoms with van der Waals surface area (Å²) in [5.74, 6) is -1.60. The number of ketones is 1. The SMILES string of the molecule is C[C@H]1CCC[C@@]2(C)O[C@H]2C[C@@H](/C=C/c2csc(CN)n2)OC(=O)C[C@H](O)C(C)(C)C(=O)[C@H](C)[C@H]1O. The molecule has 1 aromatic rings. The molecule has 1 aromatic heterocycles. The molecule has 8 nitrogen and oxygen atoms in total. The zero-order chi connectivity index (χ0) is 26.0. The Morgan fingerprint density at radius 1 is 1.26 bits per heavy atom. The van der Waals surface area contributed by atoms with E-state index < -0.39 is 35.6 Å². The molecule has 3 heterocycles. The number of hydrogen-bond acceptors (Lipinski definition) is 9.